The molecular weight excluding hydrogens is 346 g/mol. The minimum Gasteiger partial charge on any atom is -0.450 e. The van der Waals surface area contributed by atoms with Crippen LogP contribution in [0.1, 0.15) is 25.6 Å². The summed E-state index contributed by atoms with van der Waals surface area (Å²) in [5.41, 5.74) is 2.04. The lowest BCUT2D eigenvalue weighted by atomic mass is 10.1. The first-order valence-electron chi connectivity index (χ1n) is 9.46. The van der Waals surface area contributed by atoms with E-state index in [-0.39, 0.29) is 18.2 Å². The number of nitrogens with zero attached hydrogens (tertiary/aromatic N) is 3. The van der Waals surface area contributed by atoms with E-state index in [2.05, 4.69) is 20.2 Å². The standard InChI is InChI=1S/C19H27N5O3/c1-3-27-19(26)23-11-8-15(9-12-23)22-18(25)20-10-13-24-14(2)21-16-6-4-5-7-17(16)24/h4-7,15H,3,8-13H2,1-2H3,(H2,20,22,25). The van der Waals surface area contributed by atoms with Crippen molar-refractivity contribution in [1.82, 2.24) is 25.1 Å². The fourth-order valence-corrected chi connectivity index (χ4v) is 3.42. The number of aromatic nitrogens is 2. The van der Waals surface area contributed by atoms with E-state index in [4.69, 9.17) is 4.74 Å². The molecule has 2 aromatic rings. The number of hydrogen-bond acceptors (Lipinski definition) is 4. The molecule has 2 heterocycles. The summed E-state index contributed by atoms with van der Waals surface area (Å²) >= 11 is 0. The molecule has 27 heavy (non-hydrogen) atoms. The highest BCUT2D eigenvalue weighted by Gasteiger charge is 2.24. The molecule has 1 aliphatic rings. The van der Waals surface area contributed by atoms with Crippen molar-refractivity contribution in [3.63, 3.8) is 0 Å². The lowest BCUT2D eigenvalue weighted by Crippen LogP contribution is -2.49. The number of hydrogen-bond donors (Lipinski definition) is 2. The molecule has 1 aliphatic heterocycles. The first-order chi connectivity index (χ1) is 13.1. The van der Waals surface area contributed by atoms with Gasteiger partial charge in [-0.05, 0) is 38.8 Å². The molecule has 3 amide bonds. The second-order valence-corrected chi connectivity index (χ2v) is 6.66. The van der Waals surface area contributed by atoms with Gasteiger partial charge in [0.25, 0.3) is 0 Å². The zero-order chi connectivity index (χ0) is 19.2. The highest BCUT2D eigenvalue weighted by molar-refractivity contribution is 5.76. The Balaban J connectivity index is 1.41. The number of imidazole rings is 1. The maximum atomic E-state index is 12.2. The molecule has 0 unspecified atom stereocenters. The highest BCUT2D eigenvalue weighted by atomic mass is 16.6. The zero-order valence-electron chi connectivity index (χ0n) is 15.9. The SMILES string of the molecule is CCOC(=O)N1CCC(NC(=O)NCCn2c(C)nc3ccccc32)CC1. The molecule has 2 N–H and O–H groups in total. The normalized spacial score (nSPS) is 15.0. The van der Waals surface area contributed by atoms with Gasteiger partial charge in [0.15, 0.2) is 0 Å². The fourth-order valence-electron chi connectivity index (χ4n) is 3.42. The molecule has 0 radical (unpaired) electrons. The Hall–Kier alpha value is -2.77. The van der Waals surface area contributed by atoms with Gasteiger partial charge in [0, 0.05) is 32.2 Å². The Morgan fingerprint density at radius 2 is 2.00 bits per heavy atom. The summed E-state index contributed by atoms with van der Waals surface area (Å²) in [6, 6.07) is 7.88. The number of urea groups is 1. The predicted molar refractivity (Wildman–Crippen MR) is 103 cm³/mol. The van der Waals surface area contributed by atoms with Gasteiger partial charge >= 0.3 is 12.1 Å². The van der Waals surface area contributed by atoms with E-state index in [1.807, 2.05) is 31.2 Å². The van der Waals surface area contributed by atoms with Crippen molar-refractivity contribution in [1.29, 1.82) is 0 Å². The number of amides is 3. The van der Waals surface area contributed by atoms with Crippen molar-refractivity contribution in [2.75, 3.05) is 26.2 Å². The molecule has 0 spiro atoms. The maximum absolute atomic E-state index is 12.2. The summed E-state index contributed by atoms with van der Waals surface area (Å²) < 4.78 is 7.11. The Labute approximate surface area is 158 Å². The number of carbonyl (C=O) groups excluding carboxylic acids is 2. The van der Waals surface area contributed by atoms with E-state index in [9.17, 15) is 9.59 Å². The Morgan fingerprint density at radius 3 is 2.74 bits per heavy atom. The average Bonchev–Trinajstić information content (AvgIpc) is 2.98. The minimum absolute atomic E-state index is 0.0755. The predicted octanol–water partition coefficient (Wildman–Crippen LogP) is 2.26. The van der Waals surface area contributed by atoms with E-state index in [0.717, 1.165) is 29.7 Å². The van der Waals surface area contributed by atoms with Crippen LogP contribution in [-0.2, 0) is 11.3 Å². The minimum atomic E-state index is -0.275. The number of carbonyl (C=O) groups is 2. The van der Waals surface area contributed by atoms with E-state index in [1.165, 1.54) is 0 Å². The topological polar surface area (TPSA) is 88.5 Å². The summed E-state index contributed by atoms with van der Waals surface area (Å²) in [4.78, 5) is 30.1. The van der Waals surface area contributed by atoms with Crippen LogP contribution in [0.15, 0.2) is 24.3 Å². The van der Waals surface area contributed by atoms with Gasteiger partial charge in [-0.15, -0.1) is 0 Å². The van der Waals surface area contributed by atoms with Crippen LogP contribution >= 0.6 is 0 Å². The molecule has 1 saturated heterocycles. The Kier molecular flexibility index (Phi) is 6.16. The van der Waals surface area contributed by atoms with Crippen molar-refractivity contribution < 1.29 is 14.3 Å². The Morgan fingerprint density at radius 1 is 1.26 bits per heavy atom. The summed E-state index contributed by atoms with van der Waals surface area (Å²) in [5.74, 6) is 0.935. The summed E-state index contributed by atoms with van der Waals surface area (Å²) in [5, 5.41) is 5.90. The van der Waals surface area contributed by atoms with Gasteiger partial charge in [-0.25, -0.2) is 14.6 Å². The van der Waals surface area contributed by atoms with Crippen LogP contribution in [0.25, 0.3) is 11.0 Å². The Bertz CT molecular complexity index is 796. The third kappa shape index (κ3) is 4.69. The fraction of sp³-hybridized carbons (Fsp3) is 0.526. The number of fused-ring (bicyclic) bond motifs is 1. The number of likely N-dealkylation sites (tertiary alicyclic amines) is 1. The third-order valence-electron chi connectivity index (χ3n) is 4.82. The van der Waals surface area contributed by atoms with Crippen molar-refractivity contribution in [2.45, 2.75) is 39.3 Å². The van der Waals surface area contributed by atoms with Crippen LogP contribution in [0.3, 0.4) is 0 Å². The number of benzene rings is 1. The third-order valence-corrected chi connectivity index (χ3v) is 4.82. The zero-order valence-corrected chi connectivity index (χ0v) is 15.9. The second-order valence-electron chi connectivity index (χ2n) is 6.66. The molecule has 0 aliphatic carbocycles. The molecule has 0 atom stereocenters. The number of ether oxygens (including phenoxy) is 1. The van der Waals surface area contributed by atoms with Crippen LogP contribution in [0.2, 0.25) is 0 Å². The monoisotopic (exact) mass is 373 g/mol. The number of piperidine rings is 1. The second kappa shape index (κ2) is 8.75. The number of para-hydroxylation sites is 2. The number of nitrogens with one attached hydrogen (secondary N) is 2. The van der Waals surface area contributed by atoms with Crippen LogP contribution in [0.4, 0.5) is 9.59 Å². The molecular formula is C19H27N5O3. The van der Waals surface area contributed by atoms with Gasteiger partial charge in [0.2, 0.25) is 0 Å². The van der Waals surface area contributed by atoms with Crippen LogP contribution in [0, 0.1) is 6.92 Å². The van der Waals surface area contributed by atoms with Gasteiger partial charge < -0.3 is 24.8 Å². The van der Waals surface area contributed by atoms with Gasteiger partial charge in [-0.1, -0.05) is 12.1 Å². The largest absolute Gasteiger partial charge is 0.450 e. The van der Waals surface area contributed by atoms with Crippen molar-refractivity contribution >= 4 is 23.2 Å². The number of rotatable bonds is 5. The molecule has 146 valence electrons. The first-order valence-corrected chi connectivity index (χ1v) is 9.46. The van der Waals surface area contributed by atoms with Crippen LogP contribution < -0.4 is 10.6 Å². The van der Waals surface area contributed by atoms with Crippen molar-refractivity contribution in [3.05, 3.63) is 30.1 Å². The quantitative estimate of drug-likeness (QED) is 0.841. The molecule has 0 saturated carbocycles. The van der Waals surface area contributed by atoms with E-state index < -0.39 is 0 Å². The van der Waals surface area contributed by atoms with Gasteiger partial charge in [-0.3, -0.25) is 0 Å². The lowest BCUT2D eigenvalue weighted by Gasteiger charge is -2.31. The van der Waals surface area contributed by atoms with Gasteiger partial charge in [-0.2, -0.15) is 0 Å². The van der Waals surface area contributed by atoms with E-state index >= 15 is 0 Å². The molecule has 3 rings (SSSR count). The molecule has 1 aromatic carbocycles. The summed E-state index contributed by atoms with van der Waals surface area (Å²) in [7, 11) is 0. The smallest absolute Gasteiger partial charge is 0.409 e. The molecule has 1 aromatic heterocycles. The van der Waals surface area contributed by atoms with E-state index in [1.54, 1.807) is 11.8 Å². The van der Waals surface area contributed by atoms with Crippen molar-refractivity contribution in [2.24, 2.45) is 0 Å². The molecule has 8 heteroatoms. The lowest BCUT2D eigenvalue weighted by molar-refractivity contribution is 0.0957. The molecule has 1 fully saturated rings. The number of aryl methyl sites for hydroxylation is 1. The van der Waals surface area contributed by atoms with Crippen LogP contribution in [-0.4, -0.2) is 58.9 Å². The van der Waals surface area contributed by atoms with Gasteiger partial charge in [0.05, 0.1) is 17.6 Å². The molecule has 0 bridgehead atoms. The van der Waals surface area contributed by atoms with Crippen LogP contribution in [0.5, 0.6) is 0 Å². The van der Waals surface area contributed by atoms with Crippen molar-refractivity contribution in [3.8, 4) is 0 Å². The first kappa shape index (κ1) is 19.0. The average molecular weight is 373 g/mol. The summed E-state index contributed by atoms with van der Waals surface area (Å²) in [6.07, 6.45) is 1.19. The summed E-state index contributed by atoms with van der Waals surface area (Å²) in [6.45, 7) is 6.54. The van der Waals surface area contributed by atoms with Gasteiger partial charge in [0.1, 0.15) is 5.82 Å². The maximum Gasteiger partial charge on any atom is 0.409 e. The highest BCUT2D eigenvalue weighted by Crippen LogP contribution is 2.15. The van der Waals surface area contributed by atoms with E-state index in [0.29, 0.717) is 32.8 Å². The molecule has 8 nitrogen and oxygen atoms in total.